The van der Waals surface area contributed by atoms with Crippen molar-refractivity contribution in [3.8, 4) is 0 Å². The van der Waals surface area contributed by atoms with Gasteiger partial charge < -0.3 is 10.1 Å². The molecule has 0 heterocycles. The Morgan fingerprint density at radius 2 is 2.00 bits per heavy atom. The van der Waals surface area contributed by atoms with Crippen molar-refractivity contribution in [2.75, 3.05) is 19.8 Å². The van der Waals surface area contributed by atoms with Gasteiger partial charge in [-0.05, 0) is 45.1 Å². The maximum Gasteiger partial charge on any atom is 0.0480 e. The third-order valence-corrected chi connectivity index (χ3v) is 3.40. The van der Waals surface area contributed by atoms with Crippen LogP contribution in [0.4, 0.5) is 0 Å². The van der Waals surface area contributed by atoms with E-state index in [1.807, 2.05) is 0 Å². The van der Waals surface area contributed by atoms with Gasteiger partial charge in [0.15, 0.2) is 0 Å². The zero-order chi connectivity index (χ0) is 10.9. The Labute approximate surface area is 94.8 Å². The van der Waals surface area contributed by atoms with Crippen molar-refractivity contribution < 1.29 is 4.74 Å². The number of ether oxygens (including phenoxy) is 1. The van der Waals surface area contributed by atoms with Gasteiger partial charge in [0.1, 0.15) is 0 Å². The van der Waals surface area contributed by atoms with Crippen molar-refractivity contribution in [3.05, 3.63) is 0 Å². The molecule has 2 heteroatoms. The van der Waals surface area contributed by atoms with E-state index in [1.54, 1.807) is 0 Å². The molecule has 0 saturated heterocycles. The molecule has 1 rings (SSSR count). The van der Waals surface area contributed by atoms with Crippen LogP contribution in [0.15, 0.2) is 0 Å². The Balaban J connectivity index is 2.23. The monoisotopic (exact) mass is 213 g/mol. The van der Waals surface area contributed by atoms with Crippen molar-refractivity contribution in [1.29, 1.82) is 0 Å². The lowest BCUT2D eigenvalue weighted by Crippen LogP contribution is -2.36. The maximum atomic E-state index is 5.46. The van der Waals surface area contributed by atoms with E-state index in [0.717, 1.165) is 25.7 Å². The van der Waals surface area contributed by atoms with Gasteiger partial charge in [-0.2, -0.15) is 0 Å². The first-order valence-electron chi connectivity index (χ1n) is 6.69. The molecule has 15 heavy (non-hydrogen) atoms. The fourth-order valence-corrected chi connectivity index (χ4v) is 2.55. The molecule has 1 aliphatic rings. The Morgan fingerprint density at radius 3 is 2.60 bits per heavy atom. The highest BCUT2D eigenvalue weighted by Crippen LogP contribution is 2.29. The van der Waals surface area contributed by atoms with Crippen LogP contribution < -0.4 is 5.32 Å². The molecule has 2 nitrogen and oxygen atoms in total. The number of nitrogens with one attached hydrogen (secondary N) is 1. The van der Waals surface area contributed by atoms with Gasteiger partial charge in [-0.1, -0.05) is 19.8 Å². The van der Waals surface area contributed by atoms with E-state index in [1.165, 1.54) is 38.5 Å². The summed E-state index contributed by atoms with van der Waals surface area (Å²) in [6, 6.07) is 0.707. The molecule has 0 aliphatic heterocycles. The van der Waals surface area contributed by atoms with Crippen LogP contribution in [0.2, 0.25) is 0 Å². The van der Waals surface area contributed by atoms with E-state index in [4.69, 9.17) is 4.74 Å². The second kappa shape index (κ2) is 8.12. The highest BCUT2D eigenvalue weighted by Gasteiger charge is 2.23. The summed E-state index contributed by atoms with van der Waals surface area (Å²) in [5.41, 5.74) is 0. The lowest BCUT2D eigenvalue weighted by atomic mass is 9.95. The summed E-state index contributed by atoms with van der Waals surface area (Å²) in [5.74, 6) is 0.914. The summed E-state index contributed by atoms with van der Waals surface area (Å²) in [6.07, 6.45) is 8.14. The molecule has 1 aliphatic carbocycles. The molecule has 1 fully saturated rings. The smallest absolute Gasteiger partial charge is 0.0480 e. The molecule has 0 bridgehead atoms. The first-order chi connectivity index (χ1) is 7.38. The maximum absolute atomic E-state index is 5.46. The largest absolute Gasteiger partial charge is 0.382 e. The summed E-state index contributed by atoms with van der Waals surface area (Å²) in [6.45, 7) is 7.25. The molecule has 90 valence electrons. The normalized spacial score (nSPS) is 19.6. The molecule has 0 amide bonds. The Bertz CT molecular complexity index is 143. The summed E-state index contributed by atoms with van der Waals surface area (Å²) < 4.78 is 5.46. The SMILES string of the molecule is CCCNC(CCOCC)C1CCCC1. The van der Waals surface area contributed by atoms with Crippen LogP contribution in [0.25, 0.3) is 0 Å². The van der Waals surface area contributed by atoms with Gasteiger partial charge in [0.05, 0.1) is 0 Å². The van der Waals surface area contributed by atoms with E-state index >= 15 is 0 Å². The zero-order valence-corrected chi connectivity index (χ0v) is 10.4. The highest BCUT2D eigenvalue weighted by atomic mass is 16.5. The molecule has 0 aromatic rings. The van der Waals surface area contributed by atoms with Crippen LogP contribution in [0, 0.1) is 5.92 Å². The van der Waals surface area contributed by atoms with Crippen LogP contribution in [0.5, 0.6) is 0 Å². The van der Waals surface area contributed by atoms with E-state index in [0.29, 0.717) is 6.04 Å². The van der Waals surface area contributed by atoms with Crippen molar-refractivity contribution >= 4 is 0 Å². The lowest BCUT2D eigenvalue weighted by molar-refractivity contribution is 0.128. The zero-order valence-electron chi connectivity index (χ0n) is 10.4. The van der Waals surface area contributed by atoms with Crippen molar-refractivity contribution in [2.45, 2.75) is 58.4 Å². The molecule has 0 aromatic carbocycles. The van der Waals surface area contributed by atoms with Crippen molar-refractivity contribution in [2.24, 2.45) is 5.92 Å². The number of rotatable bonds is 8. The topological polar surface area (TPSA) is 21.3 Å². The van der Waals surface area contributed by atoms with Gasteiger partial charge in [-0.25, -0.2) is 0 Å². The molecule has 1 unspecified atom stereocenters. The van der Waals surface area contributed by atoms with Gasteiger partial charge in [0, 0.05) is 19.3 Å². The molecule has 0 radical (unpaired) electrons. The van der Waals surface area contributed by atoms with E-state index in [9.17, 15) is 0 Å². The first kappa shape index (κ1) is 13.0. The van der Waals surface area contributed by atoms with Gasteiger partial charge in [-0.3, -0.25) is 0 Å². The van der Waals surface area contributed by atoms with E-state index in [-0.39, 0.29) is 0 Å². The van der Waals surface area contributed by atoms with E-state index in [2.05, 4.69) is 19.2 Å². The van der Waals surface area contributed by atoms with Crippen LogP contribution in [-0.2, 0) is 4.74 Å². The third kappa shape index (κ3) is 4.98. The van der Waals surface area contributed by atoms with Gasteiger partial charge in [0.2, 0.25) is 0 Å². The van der Waals surface area contributed by atoms with Crippen molar-refractivity contribution in [3.63, 3.8) is 0 Å². The molecule has 0 spiro atoms. The minimum atomic E-state index is 0.707. The van der Waals surface area contributed by atoms with Crippen LogP contribution in [-0.4, -0.2) is 25.8 Å². The molecule has 1 N–H and O–H groups in total. The first-order valence-corrected chi connectivity index (χ1v) is 6.69. The average Bonchev–Trinajstić information content (AvgIpc) is 2.76. The van der Waals surface area contributed by atoms with Crippen LogP contribution in [0.3, 0.4) is 0 Å². The van der Waals surface area contributed by atoms with Crippen LogP contribution >= 0.6 is 0 Å². The van der Waals surface area contributed by atoms with Gasteiger partial charge in [-0.15, -0.1) is 0 Å². The standard InChI is InChI=1S/C13H27NO/c1-3-10-14-13(9-11-15-4-2)12-7-5-6-8-12/h12-14H,3-11H2,1-2H3. The van der Waals surface area contributed by atoms with Crippen LogP contribution in [0.1, 0.15) is 52.4 Å². The molecule has 1 atom stereocenters. The third-order valence-electron chi connectivity index (χ3n) is 3.40. The minimum absolute atomic E-state index is 0.707. The van der Waals surface area contributed by atoms with Gasteiger partial charge >= 0.3 is 0 Å². The van der Waals surface area contributed by atoms with E-state index < -0.39 is 0 Å². The number of hydrogen-bond donors (Lipinski definition) is 1. The molecule has 1 saturated carbocycles. The minimum Gasteiger partial charge on any atom is -0.382 e. The lowest BCUT2D eigenvalue weighted by Gasteiger charge is -2.24. The predicted molar refractivity (Wildman–Crippen MR) is 65.1 cm³/mol. The summed E-state index contributed by atoms with van der Waals surface area (Å²) in [5, 5.41) is 3.69. The van der Waals surface area contributed by atoms with Gasteiger partial charge in [0.25, 0.3) is 0 Å². The molecule has 0 aromatic heterocycles. The Hall–Kier alpha value is -0.0800. The molecular weight excluding hydrogens is 186 g/mol. The summed E-state index contributed by atoms with van der Waals surface area (Å²) >= 11 is 0. The summed E-state index contributed by atoms with van der Waals surface area (Å²) in [4.78, 5) is 0. The quantitative estimate of drug-likeness (QED) is 0.626. The predicted octanol–water partition coefficient (Wildman–Crippen LogP) is 2.97. The Morgan fingerprint density at radius 1 is 1.27 bits per heavy atom. The Kier molecular flexibility index (Phi) is 7.03. The highest BCUT2D eigenvalue weighted by molar-refractivity contribution is 4.80. The fourth-order valence-electron chi connectivity index (χ4n) is 2.55. The average molecular weight is 213 g/mol. The second-order valence-electron chi connectivity index (χ2n) is 4.59. The number of hydrogen-bond acceptors (Lipinski definition) is 2. The molecular formula is C13H27NO. The van der Waals surface area contributed by atoms with Crippen molar-refractivity contribution in [1.82, 2.24) is 5.32 Å². The summed E-state index contributed by atoms with van der Waals surface area (Å²) in [7, 11) is 0. The fraction of sp³-hybridized carbons (Fsp3) is 1.00. The second-order valence-corrected chi connectivity index (χ2v) is 4.59.